The largest absolute Gasteiger partial charge is 0.389 e. The molecular weight excluding hydrogens is 348 g/mol. The Balaban J connectivity index is -0.000000946. The van der Waals surface area contributed by atoms with Gasteiger partial charge in [-0.15, -0.1) is 0 Å². The lowest BCUT2D eigenvalue weighted by atomic mass is 10.2. The van der Waals surface area contributed by atoms with Crippen LogP contribution in [0.5, 0.6) is 0 Å². The molecule has 0 radical (unpaired) electrons. The van der Waals surface area contributed by atoms with Gasteiger partial charge in [0, 0.05) is 50.9 Å². The summed E-state index contributed by atoms with van der Waals surface area (Å²) in [4.78, 5) is 16.5. The van der Waals surface area contributed by atoms with Crippen molar-refractivity contribution in [3.8, 4) is 0 Å². The van der Waals surface area contributed by atoms with Crippen molar-refractivity contribution < 1.29 is 4.79 Å². The minimum Gasteiger partial charge on any atom is -0.389 e. The lowest BCUT2D eigenvalue weighted by Gasteiger charge is -2.34. The molecule has 5 nitrogen and oxygen atoms in total. The number of amides is 1. The number of hydrogen-bond acceptors (Lipinski definition) is 4. The first kappa shape index (κ1) is 31.6. The lowest BCUT2D eigenvalue weighted by Crippen LogP contribution is -2.47. The molecule has 2 N–H and O–H groups in total. The number of piperazine rings is 1. The lowest BCUT2D eigenvalue weighted by molar-refractivity contribution is -0.123. The van der Waals surface area contributed by atoms with Gasteiger partial charge in [0.15, 0.2) is 0 Å². The third-order valence-electron chi connectivity index (χ3n) is 4.02. The highest BCUT2D eigenvalue weighted by Crippen LogP contribution is 2.03. The van der Waals surface area contributed by atoms with Gasteiger partial charge in [-0.2, -0.15) is 0 Å². The first-order valence-corrected chi connectivity index (χ1v) is 11.6. The zero-order chi connectivity index (χ0) is 22.4. The average molecular weight is 401 g/mol. The molecule has 1 aliphatic rings. The summed E-state index contributed by atoms with van der Waals surface area (Å²) in [7, 11) is 0. The molecule has 0 aliphatic carbocycles. The second-order valence-corrected chi connectivity index (χ2v) is 6.54. The Labute approximate surface area is 177 Å². The van der Waals surface area contributed by atoms with E-state index in [2.05, 4.69) is 27.0 Å². The maximum absolute atomic E-state index is 11.5. The molecule has 0 aromatic rings. The van der Waals surface area contributed by atoms with E-state index in [0.717, 1.165) is 57.9 Å². The van der Waals surface area contributed by atoms with Crippen LogP contribution in [-0.4, -0.2) is 68.1 Å². The van der Waals surface area contributed by atoms with E-state index in [1.165, 1.54) is 13.0 Å². The monoisotopic (exact) mass is 400 g/mol. The molecule has 170 valence electrons. The maximum atomic E-state index is 11.5. The second kappa shape index (κ2) is 24.0. The summed E-state index contributed by atoms with van der Waals surface area (Å²) in [6.45, 7) is 30.4. The van der Waals surface area contributed by atoms with Gasteiger partial charge in [-0.1, -0.05) is 62.0 Å². The highest BCUT2D eigenvalue weighted by atomic mass is 16.1. The summed E-state index contributed by atoms with van der Waals surface area (Å²) in [5.41, 5.74) is 1.05. The predicted octanol–water partition coefficient (Wildman–Crippen LogP) is 4.36. The number of nitrogens with zero attached hydrogens (tertiary/aromatic N) is 2. The third-order valence-corrected chi connectivity index (χ3v) is 4.02. The van der Waals surface area contributed by atoms with Gasteiger partial charge in [-0.05, 0) is 32.9 Å². The van der Waals surface area contributed by atoms with Crippen molar-refractivity contribution in [1.82, 2.24) is 20.4 Å². The van der Waals surface area contributed by atoms with Crippen molar-refractivity contribution in [2.45, 2.75) is 75.2 Å². The zero-order valence-electron chi connectivity index (χ0n) is 20.7. The molecule has 0 spiro atoms. The van der Waals surface area contributed by atoms with Crippen LogP contribution in [0, 0.1) is 5.92 Å². The third kappa shape index (κ3) is 19.7. The van der Waals surface area contributed by atoms with Gasteiger partial charge in [-0.3, -0.25) is 4.79 Å². The standard InChI is InChI=1S/C17H34N4O.3C2H6/c1-15(2)17(22)19-8-6-10-21-13-11-20(12-14-21)9-5-7-18-16(3)4;3*1-2/h15,18H,3,5-14H2,1-2,4H3,(H,19,22);3*1-2H3. The van der Waals surface area contributed by atoms with Crippen LogP contribution in [0.25, 0.3) is 0 Å². The summed E-state index contributed by atoms with van der Waals surface area (Å²) < 4.78 is 0. The van der Waals surface area contributed by atoms with Crippen LogP contribution in [0.3, 0.4) is 0 Å². The van der Waals surface area contributed by atoms with Gasteiger partial charge in [0.25, 0.3) is 0 Å². The number of hydrogen-bond donors (Lipinski definition) is 2. The Morgan fingerprint density at radius 1 is 0.821 bits per heavy atom. The molecule has 0 bridgehead atoms. The summed E-state index contributed by atoms with van der Waals surface area (Å²) in [6.07, 6.45) is 2.22. The topological polar surface area (TPSA) is 47.6 Å². The first-order chi connectivity index (χ1) is 13.5. The van der Waals surface area contributed by atoms with Crippen molar-refractivity contribution in [3.05, 3.63) is 12.3 Å². The van der Waals surface area contributed by atoms with Gasteiger partial charge >= 0.3 is 0 Å². The van der Waals surface area contributed by atoms with Crippen molar-refractivity contribution in [2.75, 3.05) is 52.4 Å². The van der Waals surface area contributed by atoms with Gasteiger partial charge in [0.1, 0.15) is 0 Å². The van der Waals surface area contributed by atoms with E-state index in [-0.39, 0.29) is 11.8 Å². The smallest absolute Gasteiger partial charge is 0.222 e. The van der Waals surface area contributed by atoms with Crippen molar-refractivity contribution in [2.24, 2.45) is 5.92 Å². The fraction of sp³-hybridized carbons (Fsp3) is 0.870. The number of carbonyl (C=O) groups is 1. The van der Waals surface area contributed by atoms with Crippen LogP contribution >= 0.6 is 0 Å². The van der Waals surface area contributed by atoms with Gasteiger partial charge in [-0.25, -0.2) is 0 Å². The van der Waals surface area contributed by atoms with Crippen molar-refractivity contribution in [1.29, 1.82) is 0 Å². The normalized spacial score (nSPS) is 13.8. The van der Waals surface area contributed by atoms with Crippen molar-refractivity contribution in [3.63, 3.8) is 0 Å². The Hall–Kier alpha value is -1.07. The number of nitrogens with one attached hydrogen (secondary N) is 2. The van der Waals surface area contributed by atoms with Crippen LogP contribution in [-0.2, 0) is 4.79 Å². The Kier molecular flexibility index (Phi) is 27.1. The van der Waals surface area contributed by atoms with Gasteiger partial charge in [0.2, 0.25) is 5.91 Å². The van der Waals surface area contributed by atoms with E-state index in [1.54, 1.807) is 0 Å². The van der Waals surface area contributed by atoms with Gasteiger partial charge in [0.05, 0.1) is 0 Å². The minimum atomic E-state index is 0.0860. The van der Waals surface area contributed by atoms with Crippen LogP contribution in [0.2, 0.25) is 0 Å². The Morgan fingerprint density at radius 2 is 1.18 bits per heavy atom. The summed E-state index contributed by atoms with van der Waals surface area (Å²) in [5, 5.41) is 6.26. The molecular formula is C23H52N4O. The van der Waals surface area contributed by atoms with Crippen LogP contribution in [0.1, 0.15) is 75.2 Å². The van der Waals surface area contributed by atoms with Crippen LogP contribution in [0.15, 0.2) is 12.3 Å². The predicted molar refractivity (Wildman–Crippen MR) is 127 cm³/mol. The molecule has 1 fully saturated rings. The SMILES string of the molecule is C=C(C)NCCCN1CCN(CCCNC(=O)C(C)C)CC1.CC.CC.CC. The summed E-state index contributed by atoms with van der Waals surface area (Å²) in [5.74, 6) is 0.246. The molecule has 0 saturated carbocycles. The average Bonchev–Trinajstić information content (AvgIpc) is 2.73. The Morgan fingerprint density at radius 3 is 1.50 bits per heavy atom. The zero-order valence-corrected chi connectivity index (χ0v) is 20.7. The first-order valence-electron chi connectivity index (χ1n) is 11.6. The molecule has 28 heavy (non-hydrogen) atoms. The molecule has 0 atom stereocenters. The number of allylic oxidation sites excluding steroid dienone is 1. The van der Waals surface area contributed by atoms with E-state index < -0.39 is 0 Å². The summed E-state index contributed by atoms with van der Waals surface area (Å²) >= 11 is 0. The van der Waals surface area contributed by atoms with E-state index in [4.69, 9.17) is 0 Å². The molecule has 1 aliphatic heterocycles. The van der Waals surface area contributed by atoms with Crippen LogP contribution < -0.4 is 10.6 Å². The van der Waals surface area contributed by atoms with Crippen molar-refractivity contribution >= 4 is 5.91 Å². The molecule has 1 amide bonds. The van der Waals surface area contributed by atoms with E-state index in [0.29, 0.717) is 0 Å². The maximum Gasteiger partial charge on any atom is 0.222 e. The van der Waals surface area contributed by atoms with Gasteiger partial charge < -0.3 is 20.4 Å². The Bertz CT molecular complexity index is 337. The molecule has 5 heteroatoms. The fourth-order valence-electron chi connectivity index (χ4n) is 2.56. The minimum absolute atomic E-state index is 0.0860. The van der Waals surface area contributed by atoms with Crippen LogP contribution in [0.4, 0.5) is 0 Å². The van der Waals surface area contributed by atoms with E-state index in [9.17, 15) is 4.79 Å². The quantitative estimate of drug-likeness (QED) is 0.535. The molecule has 0 aromatic carbocycles. The van der Waals surface area contributed by atoms with E-state index >= 15 is 0 Å². The van der Waals surface area contributed by atoms with E-state index in [1.807, 2.05) is 62.3 Å². The number of rotatable bonds is 10. The molecule has 0 aromatic heterocycles. The second-order valence-electron chi connectivity index (χ2n) is 6.54. The molecule has 1 saturated heterocycles. The molecule has 1 rings (SSSR count). The number of carbonyl (C=O) groups excluding carboxylic acids is 1. The molecule has 1 heterocycles. The molecule has 0 unspecified atom stereocenters. The summed E-state index contributed by atoms with van der Waals surface area (Å²) in [6, 6.07) is 0. The highest BCUT2D eigenvalue weighted by molar-refractivity contribution is 5.77. The fourth-order valence-corrected chi connectivity index (χ4v) is 2.56. The highest BCUT2D eigenvalue weighted by Gasteiger charge is 2.15.